The summed E-state index contributed by atoms with van der Waals surface area (Å²) >= 11 is 0. The second kappa shape index (κ2) is 8.97. The molecule has 0 spiro atoms. The summed E-state index contributed by atoms with van der Waals surface area (Å²) in [5.74, 6) is 0.433. The molecule has 0 saturated carbocycles. The molecule has 0 aliphatic carbocycles. The lowest BCUT2D eigenvalue weighted by atomic mass is 10.2. The third-order valence-corrected chi connectivity index (χ3v) is 7.38. The standard InChI is InChI=1S/C24H24N4O3S/c1-18-10-9-15-28-22(18)26-23(27-13-7-2-3-8-14-27)21(24(28)29)16-20(17-25)32(30,31)19-11-5-4-6-12-19/h4-6,9-12,15-16H,2-3,7-8,13-14H2,1H3/b20-16+. The van der Waals surface area contributed by atoms with Gasteiger partial charge in [0, 0.05) is 19.3 Å². The number of nitriles is 1. The van der Waals surface area contributed by atoms with Crippen molar-refractivity contribution in [3.8, 4) is 6.07 Å². The molecule has 3 heterocycles. The molecule has 8 heteroatoms. The van der Waals surface area contributed by atoms with Gasteiger partial charge in [-0.05, 0) is 49.6 Å². The molecule has 7 nitrogen and oxygen atoms in total. The van der Waals surface area contributed by atoms with E-state index in [0.717, 1.165) is 44.3 Å². The number of pyridine rings is 1. The highest BCUT2D eigenvalue weighted by Crippen LogP contribution is 2.26. The first-order valence-corrected chi connectivity index (χ1v) is 12.1. The minimum absolute atomic E-state index is 0.00816. The van der Waals surface area contributed by atoms with Gasteiger partial charge >= 0.3 is 0 Å². The zero-order valence-corrected chi connectivity index (χ0v) is 18.7. The number of aromatic nitrogens is 2. The van der Waals surface area contributed by atoms with Crippen molar-refractivity contribution in [2.45, 2.75) is 37.5 Å². The van der Waals surface area contributed by atoms with E-state index in [1.54, 1.807) is 36.5 Å². The zero-order chi connectivity index (χ0) is 22.7. The molecule has 1 saturated heterocycles. The van der Waals surface area contributed by atoms with Crippen molar-refractivity contribution in [2.75, 3.05) is 18.0 Å². The number of hydrogen-bond donors (Lipinski definition) is 0. The van der Waals surface area contributed by atoms with Crippen molar-refractivity contribution >= 4 is 27.4 Å². The Morgan fingerprint density at radius 2 is 1.75 bits per heavy atom. The van der Waals surface area contributed by atoms with E-state index in [4.69, 9.17) is 4.98 Å². The van der Waals surface area contributed by atoms with Gasteiger partial charge in [0.2, 0.25) is 9.84 Å². The maximum Gasteiger partial charge on any atom is 0.267 e. The number of fused-ring (bicyclic) bond motifs is 1. The summed E-state index contributed by atoms with van der Waals surface area (Å²) in [5.41, 5.74) is 1.09. The van der Waals surface area contributed by atoms with Crippen LogP contribution >= 0.6 is 0 Å². The number of benzene rings is 1. The van der Waals surface area contributed by atoms with Crippen LogP contribution in [0.25, 0.3) is 11.7 Å². The summed E-state index contributed by atoms with van der Waals surface area (Å²) in [7, 11) is -4.08. The third kappa shape index (κ3) is 4.04. The number of anilines is 1. The average molecular weight is 449 g/mol. The quantitative estimate of drug-likeness (QED) is 0.565. The largest absolute Gasteiger partial charge is 0.356 e. The maximum absolute atomic E-state index is 13.5. The van der Waals surface area contributed by atoms with E-state index in [0.29, 0.717) is 11.5 Å². The Labute approximate surface area is 187 Å². The normalized spacial score (nSPS) is 15.4. The fourth-order valence-corrected chi connectivity index (χ4v) is 5.14. The van der Waals surface area contributed by atoms with Crippen molar-refractivity contribution in [2.24, 2.45) is 0 Å². The number of allylic oxidation sites excluding steroid dienone is 1. The average Bonchev–Trinajstić information content (AvgIpc) is 3.09. The molecule has 0 bridgehead atoms. The monoisotopic (exact) mass is 448 g/mol. The fourth-order valence-electron chi connectivity index (χ4n) is 3.98. The van der Waals surface area contributed by atoms with Gasteiger partial charge in [-0.1, -0.05) is 37.1 Å². The first-order valence-electron chi connectivity index (χ1n) is 10.6. The molecular formula is C24H24N4O3S. The molecule has 3 aromatic rings. The Bertz CT molecular complexity index is 1380. The molecule has 1 fully saturated rings. The highest BCUT2D eigenvalue weighted by molar-refractivity contribution is 7.95. The van der Waals surface area contributed by atoms with Gasteiger partial charge in [0.25, 0.3) is 5.56 Å². The highest BCUT2D eigenvalue weighted by Gasteiger charge is 2.25. The Morgan fingerprint density at radius 1 is 1.06 bits per heavy atom. The van der Waals surface area contributed by atoms with Gasteiger partial charge in [-0.25, -0.2) is 13.4 Å². The second-order valence-corrected chi connectivity index (χ2v) is 9.80. The Hall–Kier alpha value is -3.44. The predicted molar refractivity (Wildman–Crippen MR) is 124 cm³/mol. The maximum atomic E-state index is 13.5. The lowest BCUT2D eigenvalue weighted by Gasteiger charge is -2.24. The number of hydrogen-bond acceptors (Lipinski definition) is 6. The molecule has 0 radical (unpaired) electrons. The molecular weight excluding hydrogens is 424 g/mol. The van der Waals surface area contributed by atoms with Crippen LogP contribution in [0.15, 0.2) is 63.3 Å². The van der Waals surface area contributed by atoms with E-state index >= 15 is 0 Å². The van der Waals surface area contributed by atoms with Gasteiger partial charge in [0.05, 0.1) is 10.5 Å². The third-order valence-electron chi connectivity index (χ3n) is 5.70. The van der Waals surface area contributed by atoms with Gasteiger partial charge in [0.1, 0.15) is 22.4 Å². The van der Waals surface area contributed by atoms with E-state index in [1.807, 2.05) is 17.9 Å². The summed E-state index contributed by atoms with van der Waals surface area (Å²) in [6, 6.07) is 13.2. The van der Waals surface area contributed by atoms with Gasteiger partial charge in [-0.3, -0.25) is 9.20 Å². The molecule has 1 aliphatic rings. The molecule has 32 heavy (non-hydrogen) atoms. The minimum atomic E-state index is -4.08. The molecule has 1 aliphatic heterocycles. The van der Waals surface area contributed by atoms with E-state index < -0.39 is 20.3 Å². The molecule has 2 aromatic heterocycles. The molecule has 4 rings (SSSR count). The fraction of sp³-hybridized carbons (Fsp3) is 0.292. The first-order chi connectivity index (χ1) is 15.4. The summed E-state index contributed by atoms with van der Waals surface area (Å²) in [6.45, 7) is 3.33. The van der Waals surface area contributed by atoms with E-state index in [2.05, 4.69) is 0 Å². The van der Waals surface area contributed by atoms with Crippen molar-refractivity contribution < 1.29 is 8.42 Å². The van der Waals surface area contributed by atoms with Crippen molar-refractivity contribution in [3.05, 3.63) is 75.0 Å². The highest BCUT2D eigenvalue weighted by atomic mass is 32.2. The molecule has 0 unspecified atom stereocenters. The van der Waals surface area contributed by atoms with Crippen LogP contribution in [0.4, 0.5) is 5.82 Å². The van der Waals surface area contributed by atoms with E-state index in [-0.39, 0.29) is 10.5 Å². The molecule has 164 valence electrons. The van der Waals surface area contributed by atoms with E-state index in [9.17, 15) is 18.5 Å². The summed E-state index contributed by atoms with van der Waals surface area (Å²) in [5, 5.41) is 9.74. The van der Waals surface area contributed by atoms with Crippen LogP contribution in [-0.2, 0) is 9.84 Å². The van der Waals surface area contributed by atoms with Gasteiger partial charge in [0.15, 0.2) is 0 Å². The van der Waals surface area contributed by atoms with Crippen molar-refractivity contribution in [3.63, 3.8) is 0 Å². The number of aryl methyl sites for hydroxylation is 1. The van der Waals surface area contributed by atoms with Crippen LogP contribution in [0.3, 0.4) is 0 Å². The lowest BCUT2D eigenvalue weighted by molar-refractivity contribution is 0.603. The smallest absolute Gasteiger partial charge is 0.267 e. The van der Waals surface area contributed by atoms with Crippen LogP contribution in [0.1, 0.15) is 36.8 Å². The van der Waals surface area contributed by atoms with Crippen LogP contribution < -0.4 is 10.5 Å². The first kappa shape index (κ1) is 21.8. The van der Waals surface area contributed by atoms with Crippen LogP contribution in [0.5, 0.6) is 0 Å². The zero-order valence-electron chi connectivity index (χ0n) is 17.9. The lowest BCUT2D eigenvalue weighted by Crippen LogP contribution is -2.30. The Balaban J connectivity index is 1.98. The number of sulfone groups is 1. The second-order valence-electron chi connectivity index (χ2n) is 7.88. The molecule has 0 amide bonds. The summed E-state index contributed by atoms with van der Waals surface area (Å²) in [6.07, 6.45) is 6.92. The topological polar surface area (TPSA) is 95.5 Å². The number of rotatable bonds is 4. The minimum Gasteiger partial charge on any atom is -0.356 e. The molecule has 0 atom stereocenters. The Kier molecular flexibility index (Phi) is 6.10. The van der Waals surface area contributed by atoms with Crippen molar-refractivity contribution in [1.82, 2.24) is 9.38 Å². The molecule has 1 aromatic carbocycles. The predicted octanol–water partition coefficient (Wildman–Crippen LogP) is 3.72. The summed E-state index contributed by atoms with van der Waals surface area (Å²) < 4.78 is 27.6. The van der Waals surface area contributed by atoms with E-state index in [1.165, 1.54) is 22.6 Å². The van der Waals surface area contributed by atoms with Gasteiger partial charge in [-0.2, -0.15) is 5.26 Å². The van der Waals surface area contributed by atoms with Crippen LogP contribution in [0.2, 0.25) is 0 Å². The van der Waals surface area contributed by atoms with Crippen LogP contribution in [0, 0.1) is 18.3 Å². The van der Waals surface area contributed by atoms with Gasteiger partial charge < -0.3 is 4.90 Å². The Morgan fingerprint density at radius 3 is 2.41 bits per heavy atom. The van der Waals surface area contributed by atoms with Gasteiger partial charge in [-0.15, -0.1) is 0 Å². The summed E-state index contributed by atoms with van der Waals surface area (Å²) in [4.78, 5) is 19.8. The van der Waals surface area contributed by atoms with Crippen LogP contribution in [-0.4, -0.2) is 30.9 Å². The van der Waals surface area contributed by atoms with Crippen molar-refractivity contribution in [1.29, 1.82) is 5.26 Å². The number of nitrogens with zero attached hydrogens (tertiary/aromatic N) is 4. The SMILES string of the molecule is Cc1cccn2c(=O)c(/C=C(\C#N)S(=O)(=O)c3ccccc3)c(N3CCCCCC3)nc12. The molecule has 0 N–H and O–H groups in total.